The highest BCUT2D eigenvalue weighted by Gasteiger charge is 2.20. The van der Waals surface area contributed by atoms with Gasteiger partial charge in [0.1, 0.15) is 0 Å². The van der Waals surface area contributed by atoms with Crippen LogP contribution in [0.25, 0.3) is 0 Å². The molecule has 0 aliphatic heterocycles. The van der Waals surface area contributed by atoms with E-state index in [-0.39, 0.29) is 0 Å². The van der Waals surface area contributed by atoms with Crippen molar-refractivity contribution in [3.05, 3.63) is 29.8 Å². The molecule has 2 heteroatoms. The summed E-state index contributed by atoms with van der Waals surface area (Å²) < 4.78 is 0. The van der Waals surface area contributed by atoms with Gasteiger partial charge in [-0.1, -0.05) is 38.0 Å². The normalized spacial score (nSPS) is 24.8. The van der Waals surface area contributed by atoms with Gasteiger partial charge in [0.2, 0.25) is 0 Å². The maximum atomic E-state index is 3.26. The predicted molar refractivity (Wildman–Crippen MR) is 76.5 cm³/mol. The molecule has 2 rings (SSSR count). The quantitative estimate of drug-likeness (QED) is 0.863. The molecule has 0 aromatic heterocycles. The third-order valence-electron chi connectivity index (χ3n) is 3.52. The summed E-state index contributed by atoms with van der Waals surface area (Å²) in [6.07, 6.45) is 5.61. The summed E-state index contributed by atoms with van der Waals surface area (Å²) in [7, 11) is 2.02. The van der Waals surface area contributed by atoms with Gasteiger partial charge in [-0.3, -0.25) is 0 Å². The minimum Gasteiger partial charge on any atom is -0.316 e. The number of thioether (sulfide) groups is 1. The minimum atomic E-state index is 0.830. The van der Waals surface area contributed by atoms with Crippen LogP contribution in [0, 0.1) is 5.92 Å². The van der Waals surface area contributed by atoms with Crippen molar-refractivity contribution >= 4 is 11.8 Å². The summed E-state index contributed by atoms with van der Waals surface area (Å²) in [5.41, 5.74) is 1.44. The van der Waals surface area contributed by atoms with Crippen LogP contribution < -0.4 is 5.32 Å². The number of nitrogens with one attached hydrogen (secondary N) is 1. The zero-order chi connectivity index (χ0) is 12.1. The predicted octanol–water partition coefficient (Wildman–Crippen LogP) is 4.08. The van der Waals surface area contributed by atoms with Crippen LogP contribution in [0.2, 0.25) is 0 Å². The Kier molecular flexibility index (Phi) is 4.93. The highest BCUT2D eigenvalue weighted by molar-refractivity contribution is 8.00. The van der Waals surface area contributed by atoms with Crippen molar-refractivity contribution < 1.29 is 0 Å². The molecule has 0 radical (unpaired) electrons. The molecule has 1 aliphatic rings. The lowest BCUT2D eigenvalue weighted by molar-refractivity contribution is 0.394. The van der Waals surface area contributed by atoms with Gasteiger partial charge in [0.25, 0.3) is 0 Å². The monoisotopic (exact) mass is 249 g/mol. The van der Waals surface area contributed by atoms with Gasteiger partial charge >= 0.3 is 0 Å². The molecule has 1 N–H and O–H groups in total. The molecule has 2 atom stereocenters. The Balaban J connectivity index is 2.01. The fraction of sp³-hybridized carbons (Fsp3) is 0.600. The molecule has 17 heavy (non-hydrogen) atoms. The van der Waals surface area contributed by atoms with E-state index < -0.39 is 0 Å². The number of rotatable bonds is 4. The van der Waals surface area contributed by atoms with Crippen LogP contribution in [0.4, 0.5) is 0 Å². The van der Waals surface area contributed by atoms with Gasteiger partial charge < -0.3 is 5.32 Å². The second-order valence-electron chi connectivity index (χ2n) is 5.15. The molecule has 1 aromatic rings. The Bertz CT molecular complexity index is 351. The van der Waals surface area contributed by atoms with E-state index >= 15 is 0 Å². The standard InChI is InChI=1S/C15H23NS/c1-12-6-5-8-14(10-12)17-15-9-4-3-7-13(15)11-16-2/h3-4,7,9,12,14,16H,5-6,8,10-11H2,1-2H3. The third-order valence-corrected chi connectivity index (χ3v) is 4.94. The van der Waals surface area contributed by atoms with Gasteiger partial charge in [-0.2, -0.15) is 0 Å². The van der Waals surface area contributed by atoms with E-state index in [1.54, 1.807) is 0 Å². The molecular weight excluding hydrogens is 226 g/mol. The van der Waals surface area contributed by atoms with E-state index in [0.29, 0.717) is 0 Å². The minimum absolute atomic E-state index is 0.830. The number of hydrogen-bond donors (Lipinski definition) is 1. The molecule has 0 amide bonds. The van der Waals surface area contributed by atoms with E-state index in [9.17, 15) is 0 Å². The summed E-state index contributed by atoms with van der Waals surface area (Å²) in [5.74, 6) is 0.915. The van der Waals surface area contributed by atoms with Crippen molar-refractivity contribution in [1.82, 2.24) is 5.32 Å². The Morgan fingerprint density at radius 2 is 2.12 bits per heavy atom. The third kappa shape index (κ3) is 3.75. The maximum Gasteiger partial charge on any atom is 0.0213 e. The molecule has 0 saturated heterocycles. The lowest BCUT2D eigenvalue weighted by Crippen LogP contribution is -2.15. The Morgan fingerprint density at radius 1 is 1.29 bits per heavy atom. The molecule has 1 nitrogen and oxygen atoms in total. The van der Waals surface area contributed by atoms with Crippen molar-refractivity contribution in [2.75, 3.05) is 7.05 Å². The van der Waals surface area contributed by atoms with E-state index in [1.165, 1.54) is 36.1 Å². The van der Waals surface area contributed by atoms with Gasteiger partial charge in [0.15, 0.2) is 0 Å². The van der Waals surface area contributed by atoms with Crippen molar-refractivity contribution in [3.63, 3.8) is 0 Å². The zero-order valence-electron chi connectivity index (χ0n) is 10.9. The summed E-state index contributed by atoms with van der Waals surface area (Å²) >= 11 is 2.09. The number of hydrogen-bond acceptors (Lipinski definition) is 2. The van der Waals surface area contributed by atoms with Crippen LogP contribution >= 0.6 is 11.8 Å². The Hall–Kier alpha value is -0.470. The molecule has 94 valence electrons. The lowest BCUT2D eigenvalue weighted by atomic mass is 9.91. The van der Waals surface area contributed by atoms with Crippen LogP contribution in [0.5, 0.6) is 0 Å². The zero-order valence-corrected chi connectivity index (χ0v) is 11.7. The first-order valence-corrected chi connectivity index (χ1v) is 7.56. The van der Waals surface area contributed by atoms with Crippen LogP contribution in [-0.4, -0.2) is 12.3 Å². The van der Waals surface area contributed by atoms with Gasteiger partial charge in [-0.25, -0.2) is 0 Å². The second kappa shape index (κ2) is 6.46. The molecule has 1 fully saturated rings. The van der Waals surface area contributed by atoms with Crippen LogP contribution in [0.1, 0.15) is 38.2 Å². The molecule has 2 unspecified atom stereocenters. The van der Waals surface area contributed by atoms with E-state index in [4.69, 9.17) is 0 Å². The topological polar surface area (TPSA) is 12.0 Å². The molecular formula is C15H23NS. The van der Waals surface area contributed by atoms with Gasteiger partial charge in [-0.05, 0) is 37.4 Å². The Morgan fingerprint density at radius 3 is 2.88 bits per heavy atom. The summed E-state index contributed by atoms with van der Waals surface area (Å²) in [5, 5.41) is 4.09. The van der Waals surface area contributed by atoms with Crippen molar-refractivity contribution in [2.45, 2.75) is 49.3 Å². The highest BCUT2D eigenvalue weighted by atomic mass is 32.2. The fourth-order valence-electron chi connectivity index (χ4n) is 2.62. The molecule has 1 aromatic carbocycles. The average molecular weight is 249 g/mol. The summed E-state index contributed by atoms with van der Waals surface area (Å²) in [6.45, 7) is 3.37. The van der Waals surface area contributed by atoms with Crippen LogP contribution in [-0.2, 0) is 6.54 Å². The first-order chi connectivity index (χ1) is 8.29. The van der Waals surface area contributed by atoms with Gasteiger partial charge in [0.05, 0.1) is 0 Å². The van der Waals surface area contributed by atoms with Gasteiger partial charge in [0, 0.05) is 16.7 Å². The second-order valence-corrected chi connectivity index (χ2v) is 6.49. The van der Waals surface area contributed by atoms with Crippen LogP contribution in [0.3, 0.4) is 0 Å². The van der Waals surface area contributed by atoms with Crippen molar-refractivity contribution in [2.24, 2.45) is 5.92 Å². The lowest BCUT2D eigenvalue weighted by Gasteiger charge is -2.26. The highest BCUT2D eigenvalue weighted by Crippen LogP contribution is 2.37. The average Bonchev–Trinajstić information content (AvgIpc) is 2.32. The molecule has 0 bridgehead atoms. The van der Waals surface area contributed by atoms with E-state index in [2.05, 4.69) is 48.3 Å². The first kappa shape index (κ1) is 13.0. The summed E-state index contributed by atoms with van der Waals surface area (Å²) in [6, 6.07) is 8.82. The largest absolute Gasteiger partial charge is 0.316 e. The smallest absolute Gasteiger partial charge is 0.0213 e. The first-order valence-electron chi connectivity index (χ1n) is 6.68. The molecule has 1 saturated carbocycles. The molecule has 1 aliphatic carbocycles. The maximum absolute atomic E-state index is 3.26. The molecule has 0 heterocycles. The van der Waals surface area contributed by atoms with E-state index in [0.717, 1.165) is 17.7 Å². The molecule has 0 spiro atoms. The Labute approximate surface area is 109 Å². The summed E-state index contributed by atoms with van der Waals surface area (Å²) in [4.78, 5) is 1.47. The van der Waals surface area contributed by atoms with Gasteiger partial charge in [-0.15, -0.1) is 11.8 Å². The number of benzene rings is 1. The van der Waals surface area contributed by atoms with Crippen molar-refractivity contribution in [3.8, 4) is 0 Å². The van der Waals surface area contributed by atoms with Crippen LogP contribution in [0.15, 0.2) is 29.2 Å². The van der Waals surface area contributed by atoms with E-state index in [1.807, 2.05) is 7.05 Å². The fourth-order valence-corrected chi connectivity index (χ4v) is 4.14. The van der Waals surface area contributed by atoms with Crippen molar-refractivity contribution in [1.29, 1.82) is 0 Å². The SMILES string of the molecule is CNCc1ccccc1SC1CCCC(C)C1.